The molecule has 4 unspecified atom stereocenters. The van der Waals surface area contributed by atoms with Gasteiger partial charge in [-0.05, 0) is 55.4 Å². The summed E-state index contributed by atoms with van der Waals surface area (Å²) in [4.78, 5) is 0. The van der Waals surface area contributed by atoms with Crippen LogP contribution in [0, 0.1) is 23.2 Å². The molecule has 0 aromatic carbocycles. The van der Waals surface area contributed by atoms with E-state index in [0.717, 1.165) is 24.3 Å². The Morgan fingerprint density at radius 3 is 2.83 bits per heavy atom. The molecule has 0 aliphatic heterocycles. The lowest BCUT2D eigenvalue weighted by molar-refractivity contribution is 0.113. The van der Waals surface area contributed by atoms with Crippen molar-refractivity contribution in [2.45, 2.75) is 39.5 Å². The number of fused-ring (bicyclic) bond motifs is 2. The van der Waals surface area contributed by atoms with Gasteiger partial charge in [-0.2, -0.15) is 0 Å². The van der Waals surface area contributed by atoms with Crippen molar-refractivity contribution < 1.29 is 0 Å². The Hall–Kier alpha value is -0.0400. The minimum atomic E-state index is 0.479. The second-order valence-corrected chi connectivity index (χ2v) is 5.32. The Balaban J connectivity index is 2.18. The predicted octanol–water partition coefficient (Wildman–Crippen LogP) is 2.41. The molecule has 0 saturated heterocycles. The van der Waals surface area contributed by atoms with Crippen LogP contribution >= 0.6 is 0 Å². The Kier molecular flexibility index (Phi) is 1.95. The maximum atomic E-state index is 5.88. The molecule has 70 valence electrons. The third-order valence-electron chi connectivity index (χ3n) is 4.46. The number of hydrogen-bond donors (Lipinski definition) is 1. The molecule has 1 nitrogen and oxygen atoms in total. The van der Waals surface area contributed by atoms with Crippen molar-refractivity contribution in [2.24, 2.45) is 28.9 Å². The topological polar surface area (TPSA) is 26.0 Å². The average Bonchev–Trinajstić information content (AvgIpc) is 2.39. The first kappa shape index (κ1) is 8.55. The van der Waals surface area contributed by atoms with Gasteiger partial charge in [0.25, 0.3) is 0 Å². The SMILES string of the molecule is CC1CC2CCC(C)(CN)C1C2. The maximum Gasteiger partial charge on any atom is -0.00204 e. The van der Waals surface area contributed by atoms with E-state index >= 15 is 0 Å². The standard InChI is InChI=1S/C11H21N/c1-8-5-9-3-4-11(2,7-12)10(8)6-9/h8-10H,3-7,12H2,1-2H3. The first-order valence-electron chi connectivity index (χ1n) is 5.36. The van der Waals surface area contributed by atoms with E-state index in [1.807, 2.05) is 0 Å². The summed E-state index contributed by atoms with van der Waals surface area (Å²) in [5.41, 5.74) is 6.36. The van der Waals surface area contributed by atoms with Crippen molar-refractivity contribution in [3.8, 4) is 0 Å². The van der Waals surface area contributed by atoms with Crippen molar-refractivity contribution >= 4 is 0 Å². The number of rotatable bonds is 1. The summed E-state index contributed by atoms with van der Waals surface area (Å²) >= 11 is 0. The van der Waals surface area contributed by atoms with E-state index in [2.05, 4.69) is 13.8 Å². The zero-order valence-electron chi connectivity index (χ0n) is 8.34. The normalized spacial score (nSPS) is 52.8. The molecule has 0 amide bonds. The van der Waals surface area contributed by atoms with E-state index in [0.29, 0.717) is 5.41 Å². The van der Waals surface area contributed by atoms with Gasteiger partial charge in [-0.25, -0.2) is 0 Å². The van der Waals surface area contributed by atoms with Crippen LogP contribution in [0.1, 0.15) is 39.5 Å². The summed E-state index contributed by atoms with van der Waals surface area (Å²) in [5, 5.41) is 0. The highest BCUT2D eigenvalue weighted by molar-refractivity contribution is 4.97. The minimum absolute atomic E-state index is 0.479. The molecule has 0 aromatic heterocycles. The number of nitrogens with two attached hydrogens (primary N) is 1. The number of hydrogen-bond acceptors (Lipinski definition) is 1. The van der Waals surface area contributed by atoms with E-state index in [1.165, 1.54) is 25.7 Å². The molecular formula is C11H21N. The fraction of sp³-hybridized carbons (Fsp3) is 1.00. The minimum Gasteiger partial charge on any atom is -0.330 e. The summed E-state index contributed by atoms with van der Waals surface area (Å²) in [7, 11) is 0. The van der Waals surface area contributed by atoms with Crippen molar-refractivity contribution in [1.82, 2.24) is 0 Å². The van der Waals surface area contributed by atoms with Gasteiger partial charge < -0.3 is 5.73 Å². The fourth-order valence-electron chi connectivity index (χ4n) is 3.56. The Bertz CT molecular complexity index is 178. The van der Waals surface area contributed by atoms with Gasteiger partial charge in [0.15, 0.2) is 0 Å². The van der Waals surface area contributed by atoms with Gasteiger partial charge in [-0.15, -0.1) is 0 Å². The van der Waals surface area contributed by atoms with Crippen molar-refractivity contribution in [1.29, 1.82) is 0 Å². The van der Waals surface area contributed by atoms with Crippen LogP contribution in [0.5, 0.6) is 0 Å². The third-order valence-corrected chi connectivity index (χ3v) is 4.46. The van der Waals surface area contributed by atoms with E-state index < -0.39 is 0 Å². The predicted molar refractivity (Wildman–Crippen MR) is 51.8 cm³/mol. The van der Waals surface area contributed by atoms with E-state index in [-0.39, 0.29) is 0 Å². The summed E-state index contributed by atoms with van der Waals surface area (Å²) in [6.07, 6.45) is 5.76. The van der Waals surface area contributed by atoms with E-state index in [9.17, 15) is 0 Å². The highest BCUT2D eigenvalue weighted by Crippen LogP contribution is 2.54. The molecule has 2 aliphatic rings. The van der Waals surface area contributed by atoms with E-state index in [1.54, 1.807) is 0 Å². The van der Waals surface area contributed by atoms with Gasteiger partial charge >= 0.3 is 0 Å². The summed E-state index contributed by atoms with van der Waals surface area (Å²) in [6.45, 7) is 5.72. The van der Waals surface area contributed by atoms with Gasteiger partial charge in [0.2, 0.25) is 0 Å². The molecule has 0 spiro atoms. The molecule has 0 aromatic rings. The molecule has 2 bridgehead atoms. The van der Waals surface area contributed by atoms with Gasteiger partial charge in [-0.3, -0.25) is 0 Å². The lowest BCUT2D eigenvalue weighted by Crippen LogP contribution is -2.38. The molecule has 0 radical (unpaired) electrons. The molecule has 12 heavy (non-hydrogen) atoms. The van der Waals surface area contributed by atoms with Gasteiger partial charge in [-0.1, -0.05) is 13.8 Å². The van der Waals surface area contributed by atoms with Crippen LogP contribution in [-0.4, -0.2) is 6.54 Å². The van der Waals surface area contributed by atoms with E-state index in [4.69, 9.17) is 5.73 Å². The Labute approximate surface area is 75.7 Å². The van der Waals surface area contributed by atoms with Gasteiger partial charge in [0, 0.05) is 0 Å². The second kappa shape index (κ2) is 2.73. The van der Waals surface area contributed by atoms with Crippen LogP contribution in [0.4, 0.5) is 0 Å². The first-order valence-corrected chi connectivity index (χ1v) is 5.36. The monoisotopic (exact) mass is 167 g/mol. The van der Waals surface area contributed by atoms with Crippen LogP contribution in [0.15, 0.2) is 0 Å². The smallest absolute Gasteiger partial charge is 0.00204 e. The summed E-state index contributed by atoms with van der Waals surface area (Å²) < 4.78 is 0. The van der Waals surface area contributed by atoms with Crippen LogP contribution in [0.25, 0.3) is 0 Å². The summed E-state index contributed by atoms with van der Waals surface area (Å²) in [6, 6.07) is 0. The third kappa shape index (κ3) is 1.10. The molecule has 0 heterocycles. The quantitative estimate of drug-likeness (QED) is 0.637. The molecular weight excluding hydrogens is 146 g/mol. The zero-order valence-corrected chi connectivity index (χ0v) is 8.34. The summed E-state index contributed by atoms with van der Waals surface area (Å²) in [5.74, 6) is 2.91. The fourth-order valence-corrected chi connectivity index (χ4v) is 3.56. The Morgan fingerprint density at radius 1 is 1.42 bits per heavy atom. The van der Waals surface area contributed by atoms with Gasteiger partial charge in [0.1, 0.15) is 0 Å². The molecule has 1 heteroatoms. The molecule has 2 rings (SSSR count). The largest absolute Gasteiger partial charge is 0.330 e. The molecule has 2 fully saturated rings. The molecule has 2 aliphatic carbocycles. The lowest BCUT2D eigenvalue weighted by Gasteiger charge is -2.40. The van der Waals surface area contributed by atoms with Crippen LogP contribution in [-0.2, 0) is 0 Å². The highest BCUT2D eigenvalue weighted by atomic mass is 14.6. The lowest BCUT2D eigenvalue weighted by atomic mass is 9.66. The van der Waals surface area contributed by atoms with Crippen molar-refractivity contribution in [3.63, 3.8) is 0 Å². The van der Waals surface area contributed by atoms with Crippen molar-refractivity contribution in [3.05, 3.63) is 0 Å². The van der Waals surface area contributed by atoms with Crippen LogP contribution in [0.2, 0.25) is 0 Å². The van der Waals surface area contributed by atoms with Crippen molar-refractivity contribution in [2.75, 3.05) is 6.54 Å². The van der Waals surface area contributed by atoms with Gasteiger partial charge in [0.05, 0.1) is 0 Å². The maximum absolute atomic E-state index is 5.88. The average molecular weight is 167 g/mol. The molecule has 4 atom stereocenters. The Morgan fingerprint density at radius 2 is 2.17 bits per heavy atom. The second-order valence-electron chi connectivity index (χ2n) is 5.32. The molecule has 2 saturated carbocycles. The highest BCUT2D eigenvalue weighted by Gasteiger charge is 2.46. The van der Waals surface area contributed by atoms with Crippen LogP contribution in [0.3, 0.4) is 0 Å². The molecule has 2 N–H and O–H groups in total. The first-order chi connectivity index (χ1) is 5.65. The van der Waals surface area contributed by atoms with Crippen LogP contribution < -0.4 is 5.73 Å². The zero-order chi connectivity index (χ0) is 8.77.